The highest BCUT2D eigenvalue weighted by molar-refractivity contribution is 6.31. The molecular weight excluding hydrogens is 424 g/mol. The second-order valence-corrected chi connectivity index (χ2v) is 8.51. The second kappa shape index (κ2) is 9.49. The molecule has 3 aromatic rings. The number of rotatable bonds is 8. The minimum Gasteiger partial charge on any atom is -0.331 e. The van der Waals surface area contributed by atoms with Crippen molar-refractivity contribution in [2.75, 3.05) is 6.54 Å². The van der Waals surface area contributed by atoms with Crippen molar-refractivity contribution < 1.29 is 9.59 Å². The number of nitrogens with one attached hydrogen (secondary N) is 1. The van der Waals surface area contributed by atoms with Crippen LogP contribution in [0.2, 0.25) is 5.02 Å². The number of hydrogen-bond donors (Lipinski definition) is 1. The molecule has 1 amide bonds. The van der Waals surface area contributed by atoms with Gasteiger partial charge in [-0.2, -0.15) is 5.10 Å². The van der Waals surface area contributed by atoms with E-state index in [2.05, 4.69) is 6.92 Å². The van der Waals surface area contributed by atoms with E-state index in [4.69, 9.17) is 22.1 Å². The maximum Gasteiger partial charge on any atom is 0.272 e. The summed E-state index contributed by atoms with van der Waals surface area (Å²) in [6, 6.07) is 14.6. The summed E-state index contributed by atoms with van der Waals surface area (Å²) in [4.78, 5) is 26.8. The molecule has 1 atom stereocenters. The zero-order chi connectivity index (χ0) is 22.7. The number of hydrogen-bond acceptors (Lipinski definition) is 4. The van der Waals surface area contributed by atoms with Crippen molar-refractivity contribution in [1.29, 1.82) is 5.41 Å². The van der Waals surface area contributed by atoms with Crippen LogP contribution in [-0.2, 0) is 6.54 Å². The molecule has 1 unspecified atom stereocenters. The molecule has 1 N–H and O–H groups in total. The first-order chi connectivity index (χ1) is 15.5. The molecule has 0 radical (unpaired) electrons. The summed E-state index contributed by atoms with van der Waals surface area (Å²) in [5, 5.41) is 12.6. The third kappa shape index (κ3) is 4.36. The summed E-state index contributed by atoms with van der Waals surface area (Å²) in [5.41, 5.74) is 4.11. The van der Waals surface area contributed by atoms with Crippen LogP contribution in [0.1, 0.15) is 64.2 Å². The predicted octanol–water partition coefficient (Wildman–Crippen LogP) is 5.40. The maximum atomic E-state index is 13.4. The quantitative estimate of drug-likeness (QED) is 0.370. The van der Waals surface area contributed by atoms with Crippen molar-refractivity contribution in [3.8, 4) is 11.3 Å². The van der Waals surface area contributed by atoms with Crippen LogP contribution in [0.4, 0.5) is 0 Å². The lowest BCUT2D eigenvalue weighted by Gasteiger charge is -2.33. The molecule has 0 bridgehead atoms. The van der Waals surface area contributed by atoms with Gasteiger partial charge >= 0.3 is 0 Å². The lowest BCUT2D eigenvalue weighted by Crippen LogP contribution is -2.42. The fourth-order valence-electron chi connectivity index (χ4n) is 4.13. The second-order valence-electron chi connectivity index (χ2n) is 8.08. The van der Waals surface area contributed by atoms with Gasteiger partial charge in [0.2, 0.25) is 0 Å². The minimum atomic E-state index is -0.0748. The topological polar surface area (TPSA) is 79.1 Å². The zero-order valence-electron chi connectivity index (χ0n) is 17.9. The summed E-state index contributed by atoms with van der Waals surface area (Å²) in [7, 11) is 0. The first-order valence-electron chi connectivity index (χ1n) is 10.8. The van der Waals surface area contributed by atoms with Gasteiger partial charge in [-0.05, 0) is 35.7 Å². The van der Waals surface area contributed by atoms with E-state index < -0.39 is 0 Å². The Bertz CT molecular complexity index is 1150. The number of fused-ring (bicyclic) bond motifs is 1. The number of amides is 1. The number of carbonyl (C=O) groups is 2. The highest BCUT2D eigenvalue weighted by Gasteiger charge is 2.33. The lowest BCUT2D eigenvalue weighted by atomic mass is 10.0. The Morgan fingerprint density at radius 1 is 1.19 bits per heavy atom. The molecule has 2 heterocycles. The Hall–Kier alpha value is -3.25. The molecule has 7 heteroatoms. The monoisotopic (exact) mass is 448 g/mol. The number of unbranched alkanes of at least 4 members (excludes halogenated alkanes) is 1. The first kappa shape index (κ1) is 22.0. The van der Waals surface area contributed by atoms with Gasteiger partial charge in [0.15, 0.2) is 6.29 Å². The summed E-state index contributed by atoms with van der Waals surface area (Å²) < 4.78 is 1.84. The predicted molar refractivity (Wildman–Crippen MR) is 126 cm³/mol. The molecule has 0 aliphatic carbocycles. The number of halogens is 1. The molecule has 0 fully saturated rings. The van der Waals surface area contributed by atoms with Crippen LogP contribution in [0.25, 0.3) is 11.3 Å². The molecule has 2 aromatic carbocycles. The van der Waals surface area contributed by atoms with Crippen LogP contribution in [0, 0.1) is 5.41 Å². The Morgan fingerprint density at radius 2 is 1.97 bits per heavy atom. The Labute approximate surface area is 192 Å². The maximum absolute atomic E-state index is 13.4. The van der Waals surface area contributed by atoms with Crippen molar-refractivity contribution in [3.63, 3.8) is 0 Å². The van der Waals surface area contributed by atoms with Crippen molar-refractivity contribution in [1.82, 2.24) is 14.7 Å². The van der Waals surface area contributed by atoms with Gasteiger partial charge in [0.1, 0.15) is 5.69 Å². The van der Waals surface area contributed by atoms with Gasteiger partial charge < -0.3 is 10.3 Å². The van der Waals surface area contributed by atoms with E-state index in [9.17, 15) is 9.59 Å². The van der Waals surface area contributed by atoms with Crippen LogP contribution in [0.3, 0.4) is 0 Å². The van der Waals surface area contributed by atoms with Gasteiger partial charge in [-0.1, -0.05) is 61.7 Å². The van der Waals surface area contributed by atoms with E-state index in [0.717, 1.165) is 36.7 Å². The number of aldehydes is 1. The molecular formula is C25H25ClN4O2. The molecule has 164 valence electrons. The summed E-state index contributed by atoms with van der Waals surface area (Å²) in [5.74, 6) is -0.0748. The molecule has 0 saturated carbocycles. The fraction of sp³-hybridized carbons (Fsp3) is 0.280. The van der Waals surface area contributed by atoms with Crippen molar-refractivity contribution in [3.05, 3.63) is 75.9 Å². The third-order valence-corrected chi connectivity index (χ3v) is 6.08. The molecule has 1 aromatic heterocycles. The summed E-state index contributed by atoms with van der Waals surface area (Å²) >= 11 is 6.05. The van der Waals surface area contributed by atoms with E-state index >= 15 is 0 Å². The van der Waals surface area contributed by atoms with Gasteiger partial charge in [0.25, 0.3) is 5.91 Å². The van der Waals surface area contributed by atoms with Gasteiger partial charge in [0.05, 0.1) is 11.7 Å². The van der Waals surface area contributed by atoms with Crippen LogP contribution in [-0.4, -0.2) is 39.6 Å². The largest absolute Gasteiger partial charge is 0.331 e. The molecule has 0 spiro atoms. The van der Waals surface area contributed by atoms with Crippen LogP contribution in [0.5, 0.6) is 0 Å². The van der Waals surface area contributed by atoms with E-state index in [1.807, 2.05) is 33.8 Å². The number of aromatic nitrogens is 2. The van der Waals surface area contributed by atoms with E-state index in [-0.39, 0.29) is 11.9 Å². The standard InChI is InChI=1S/C25H25ClN4O2/c1-2-3-4-21-15-29(14-18-7-5-17(13-27)6-8-18)25(32)24-12-23(28-30(21)24)22-10-9-20(26)11-19(22)16-31/h5-13,16,21,27H,2-4,14-15H2,1H3. The lowest BCUT2D eigenvalue weighted by molar-refractivity contribution is 0.0635. The van der Waals surface area contributed by atoms with Gasteiger partial charge in [-0.3, -0.25) is 14.3 Å². The van der Waals surface area contributed by atoms with Gasteiger partial charge in [-0.25, -0.2) is 0 Å². The number of carbonyl (C=O) groups excluding carboxylic acids is 2. The van der Waals surface area contributed by atoms with Crippen LogP contribution >= 0.6 is 11.6 Å². The van der Waals surface area contributed by atoms with E-state index in [1.54, 1.807) is 24.3 Å². The SMILES string of the molecule is CCCCC1CN(Cc2ccc(C=N)cc2)C(=O)c2cc(-c3ccc(Cl)cc3C=O)nn21. The minimum absolute atomic E-state index is 0.0734. The van der Waals surface area contributed by atoms with Crippen molar-refractivity contribution in [2.24, 2.45) is 0 Å². The van der Waals surface area contributed by atoms with Gasteiger partial charge in [0, 0.05) is 35.5 Å². The Morgan fingerprint density at radius 3 is 2.66 bits per heavy atom. The van der Waals surface area contributed by atoms with Crippen molar-refractivity contribution in [2.45, 2.75) is 38.8 Å². The zero-order valence-corrected chi connectivity index (χ0v) is 18.7. The molecule has 4 rings (SSSR count). The fourth-order valence-corrected chi connectivity index (χ4v) is 4.32. The summed E-state index contributed by atoms with van der Waals surface area (Å²) in [6.07, 6.45) is 5.09. The van der Waals surface area contributed by atoms with Gasteiger partial charge in [-0.15, -0.1) is 0 Å². The molecule has 1 aliphatic rings. The summed E-state index contributed by atoms with van der Waals surface area (Å²) in [6.45, 7) is 3.23. The highest BCUT2D eigenvalue weighted by atomic mass is 35.5. The average Bonchev–Trinajstić information content (AvgIpc) is 3.26. The molecule has 0 saturated heterocycles. The normalized spacial score (nSPS) is 15.5. The van der Waals surface area contributed by atoms with Crippen LogP contribution in [0.15, 0.2) is 48.5 Å². The van der Waals surface area contributed by atoms with Crippen molar-refractivity contribution >= 4 is 30.0 Å². The molecule has 6 nitrogen and oxygen atoms in total. The molecule has 1 aliphatic heterocycles. The Kier molecular flexibility index (Phi) is 6.51. The third-order valence-electron chi connectivity index (χ3n) is 5.85. The number of nitrogens with zero attached hydrogens (tertiary/aromatic N) is 3. The Balaban J connectivity index is 1.69. The average molecular weight is 449 g/mol. The van der Waals surface area contributed by atoms with E-state index in [0.29, 0.717) is 40.6 Å². The van der Waals surface area contributed by atoms with Crippen LogP contribution < -0.4 is 0 Å². The van der Waals surface area contributed by atoms with E-state index in [1.165, 1.54) is 6.21 Å². The number of benzene rings is 2. The highest BCUT2D eigenvalue weighted by Crippen LogP contribution is 2.31. The smallest absolute Gasteiger partial charge is 0.272 e. The molecule has 32 heavy (non-hydrogen) atoms. The first-order valence-corrected chi connectivity index (χ1v) is 11.1.